The molecule has 0 spiro atoms. The summed E-state index contributed by atoms with van der Waals surface area (Å²) in [5.41, 5.74) is 0.605. The molecule has 0 bridgehead atoms. The molecule has 15 heavy (non-hydrogen) atoms. The van der Waals surface area contributed by atoms with Crippen molar-refractivity contribution in [2.75, 3.05) is 0 Å². The van der Waals surface area contributed by atoms with Gasteiger partial charge in [0, 0.05) is 0 Å². The molecule has 0 fully saturated rings. The first-order valence-corrected chi connectivity index (χ1v) is 5.66. The summed E-state index contributed by atoms with van der Waals surface area (Å²) in [5.74, 6) is 0. The van der Waals surface area contributed by atoms with E-state index >= 15 is 0 Å². The first-order chi connectivity index (χ1) is 6.55. The van der Waals surface area contributed by atoms with Crippen molar-refractivity contribution in [2.24, 2.45) is 0 Å². The quantitative estimate of drug-likeness (QED) is 0.497. The summed E-state index contributed by atoms with van der Waals surface area (Å²) in [6.45, 7) is 1.86. The Kier molecular flexibility index (Phi) is 6.12. The molecule has 0 atom stereocenters. The Morgan fingerprint density at radius 1 is 1.40 bits per heavy atom. The average molecular weight is 239 g/mol. The molecule has 0 radical (unpaired) electrons. The fraction of sp³-hybridized carbons (Fsp3) is 0.200. The minimum atomic E-state index is -4.10. The van der Waals surface area contributed by atoms with Crippen molar-refractivity contribution < 1.29 is 15.8 Å². The molecule has 1 rings (SSSR count). The normalized spacial score (nSPS) is 11.3. The van der Waals surface area contributed by atoms with Crippen LogP contribution in [0.15, 0.2) is 41.3 Å². The third kappa shape index (κ3) is 4.34. The number of rotatable bonds is 3. The van der Waals surface area contributed by atoms with E-state index in [0.29, 0.717) is 12.0 Å². The monoisotopic (exact) mass is 238 g/mol. The molecule has 3 nitrogen and oxygen atoms in total. The Morgan fingerprint density at radius 3 is 2.53 bits per heavy atom. The smallest absolute Gasteiger partial charge is 1.00 e. The molecule has 0 aliphatic rings. The summed E-state index contributed by atoms with van der Waals surface area (Å²) in [4.78, 5) is -0.0156. The molecule has 80 valence electrons. The molecule has 1 aromatic carbocycles. The Hall–Kier alpha value is -0.364. The van der Waals surface area contributed by atoms with Crippen molar-refractivity contribution in [2.45, 2.75) is 18.2 Å². The van der Waals surface area contributed by atoms with Gasteiger partial charge in [-0.05, 0) is 25.0 Å². The van der Waals surface area contributed by atoms with Gasteiger partial charge in [-0.3, -0.25) is 4.55 Å². The van der Waals surface area contributed by atoms with E-state index in [4.69, 9.17) is 4.55 Å². The predicted molar refractivity (Wildman–Crippen MR) is 62.8 cm³/mol. The predicted octanol–water partition coefficient (Wildman–Crippen LogP) is 1.90. The summed E-state index contributed by atoms with van der Waals surface area (Å²) in [5, 5.41) is 0. The van der Waals surface area contributed by atoms with Crippen molar-refractivity contribution in [1.82, 2.24) is 0 Å². The maximum absolute atomic E-state index is 10.9. The van der Waals surface area contributed by atoms with Crippen molar-refractivity contribution >= 4 is 33.2 Å². The molecule has 0 saturated heterocycles. The Bertz CT molecular complexity index is 447. The molecular formula is C10H14MgO3S. The van der Waals surface area contributed by atoms with E-state index in [0.717, 1.165) is 0 Å². The van der Waals surface area contributed by atoms with Gasteiger partial charge in [-0.2, -0.15) is 8.42 Å². The van der Waals surface area contributed by atoms with Crippen LogP contribution in [0.5, 0.6) is 0 Å². The van der Waals surface area contributed by atoms with E-state index < -0.39 is 10.1 Å². The van der Waals surface area contributed by atoms with Gasteiger partial charge in [0.1, 0.15) is 0 Å². The molecule has 5 heteroatoms. The van der Waals surface area contributed by atoms with Crippen LogP contribution in [0.3, 0.4) is 0 Å². The molecule has 0 unspecified atom stereocenters. The second-order valence-corrected chi connectivity index (χ2v) is 4.25. The van der Waals surface area contributed by atoms with Gasteiger partial charge in [0.05, 0.1) is 4.90 Å². The number of allylic oxidation sites excluding steroid dienone is 2. The molecule has 0 saturated carbocycles. The van der Waals surface area contributed by atoms with Gasteiger partial charge in [-0.15, -0.1) is 0 Å². The molecule has 0 amide bonds. The van der Waals surface area contributed by atoms with Crippen molar-refractivity contribution in [3.63, 3.8) is 0 Å². The van der Waals surface area contributed by atoms with Crippen molar-refractivity contribution in [3.05, 3.63) is 42.0 Å². The summed E-state index contributed by atoms with van der Waals surface area (Å²) in [6, 6.07) is 6.41. The van der Waals surface area contributed by atoms with E-state index in [2.05, 4.69) is 0 Å². The van der Waals surface area contributed by atoms with E-state index in [1.165, 1.54) is 6.07 Å². The minimum absolute atomic E-state index is 0. The zero-order valence-electron chi connectivity index (χ0n) is 10.6. The second-order valence-electron chi connectivity index (χ2n) is 2.86. The molecule has 0 aliphatic carbocycles. The fourth-order valence-electron chi connectivity index (χ4n) is 1.17. The first kappa shape index (κ1) is 14.6. The fourth-order valence-corrected chi connectivity index (χ4v) is 1.90. The first-order valence-electron chi connectivity index (χ1n) is 4.22. The van der Waals surface area contributed by atoms with Gasteiger partial charge in [0.15, 0.2) is 0 Å². The van der Waals surface area contributed by atoms with Crippen LogP contribution in [0, 0.1) is 0 Å². The third-order valence-corrected chi connectivity index (χ3v) is 2.78. The van der Waals surface area contributed by atoms with Crippen molar-refractivity contribution in [3.8, 4) is 0 Å². The molecular weight excluding hydrogens is 224 g/mol. The van der Waals surface area contributed by atoms with E-state index in [-0.39, 0.29) is 30.8 Å². The van der Waals surface area contributed by atoms with Gasteiger partial charge in [-0.25, -0.2) is 0 Å². The van der Waals surface area contributed by atoms with Crippen LogP contribution in [0.25, 0.3) is 0 Å². The maximum Gasteiger partial charge on any atom is 2.00 e. The summed E-state index contributed by atoms with van der Waals surface area (Å²) >= 11 is 0. The molecule has 0 aliphatic heterocycles. The topological polar surface area (TPSA) is 54.4 Å². The van der Waals surface area contributed by atoms with Crippen molar-refractivity contribution in [1.29, 1.82) is 0 Å². The second kappa shape index (κ2) is 6.27. The van der Waals surface area contributed by atoms with Crippen LogP contribution < -0.4 is 0 Å². The van der Waals surface area contributed by atoms with Crippen LogP contribution in [-0.2, 0) is 16.5 Å². The van der Waals surface area contributed by atoms with Gasteiger partial charge in [0.2, 0.25) is 0 Å². The van der Waals surface area contributed by atoms with Gasteiger partial charge in [0.25, 0.3) is 10.1 Å². The van der Waals surface area contributed by atoms with Crippen LogP contribution in [0.4, 0.5) is 0 Å². The van der Waals surface area contributed by atoms with Gasteiger partial charge >= 0.3 is 23.1 Å². The average Bonchev–Trinajstić information content (AvgIpc) is 2.14. The third-order valence-electron chi connectivity index (χ3n) is 1.82. The standard InChI is InChI=1S/C10H12O3S.Mg.2H/c1-2-3-6-9-7-4-5-8-10(9)14(11,12)13;;;/h2-5,7-8H,6H2,1H3,(H,11,12,13);;;/q;+2;2*-1. The van der Waals surface area contributed by atoms with Crippen LogP contribution >= 0.6 is 0 Å². The number of hydrogen-bond acceptors (Lipinski definition) is 2. The number of hydrogen-bond donors (Lipinski definition) is 1. The summed E-state index contributed by atoms with van der Waals surface area (Å²) < 4.78 is 30.8. The summed E-state index contributed by atoms with van der Waals surface area (Å²) in [7, 11) is -4.10. The van der Waals surface area contributed by atoms with Crippen LogP contribution in [-0.4, -0.2) is 36.0 Å². The molecule has 0 aromatic heterocycles. The number of benzene rings is 1. The molecule has 1 aromatic rings. The van der Waals surface area contributed by atoms with Crippen LogP contribution in [0.2, 0.25) is 0 Å². The SMILES string of the molecule is CC=CCc1ccccc1S(=O)(=O)O.[H-].[H-].[Mg+2]. The molecule has 1 N–H and O–H groups in total. The van der Waals surface area contributed by atoms with Crippen LogP contribution in [0.1, 0.15) is 15.3 Å². The minimum Gasteiger partial charge on any atom is -1.00 e. The Balaban J connectivity index is -0.000000653. The van der Waals surface area contributed by atoms with E-state index in [1.54, 1.807) is 18.2 Å². The largest absolute Gasteiger partial charge is 2.00 e. The Labute approximate surface area is 109 Å². The maximum atomic E-state index is 10.9. The van der Waals surface area contributed by atoms with E-state index in [9.17, 15) is 8.42 Å². The zero-order chi connectivity index (χ0) is 10.6. The summed E-state index contributed by atoms with van der Waals surface area (Å²) in [6.07, 6.45) is 4.18. The Morgan fingerprint density at radius 2 is 2.00 bits per heavy atom. The van der Waals surface area contributed by atoms with Gasteiger partial charge in [-0.1, -0.05) is 30.4 Å². The molecule has 0 heterocycles. The van der Waals surface area contributed by atoms with E-state index in [1.807, 2.05) is 19.1 Å². The van der Waals surface area contributed by atoms with Gasteiger partial charge < -0.3 is 2.85 Å². The zero-order valence-corrected chi connectivity index (χ0v) is 10.8.